The van der Waals surface area contributed by atoms with Gasteiger partial charge in [0.05, 0.1) is 31.9 Å². The van der Waals surface area contributed by atoms with Gasteiger partial charge in [-0.3, -0.25) is 4.79 Å². The number of ether oxygens (including phenoxy) is 3. The summed E-state index contributed by atoms with van der Waals surface area (Å²) in [6, 6.07) is 21.1. The number of carbonyl (C=O) groups is 2. The molecule has 0 heterocycles. The molecule has 7 heteroatoms. The number of rotatable bonds is 9. The molecule has 3 aromatic rings. The lowest BCUT2D eigenvalue weighted by Crippen LogP contribution is -2.19. The number of hydrogen-bond acceptors (Lipinski definition) is 6. The van der Waals surface area contributed by atoms with Crippen molar-refractivity contribution in [1.82, 2.24) is 5.43 Å². The maximum absolute atomic E-state index is 12.5. The fourth-order valence-corrected chi connectivity index (χ4v) is 2.84. The van der Waals surface area contributed by atoms with Crippen LogP contribution < -0.4 is 19.6 Å². The Bertz CT molecular complexity index is 1080. The van der Waals surface area contributed by atoms with Crippen molar-refractivity contribution < 1.29 is 23.8 Å². The molecule has 0 fully saturated rings. The molecule has 0 aliphatic carbocycles. The predicted molar refractivity (Wildman–Crippen MR) is 121 cm³/mol. The van der Waals surface area contributed by atoms with Crippen LogP contribution in [0.1, 0.15) is 28.4 Å². The minimum atomic E-state index is -0.511. The van der Waals surface area contributed by atoms with E-state index in [1.54, 1.807) is 49.6 Å². The van der Waals surface area contributed by atoms with Crippen molar-refractivity contribution in [3.8, 4) is 17.2 Å². The van der Waals surface area contributed by atoms with Gasteiger partial charge in [-0.05, 0) is 60.5 Å². The van der Waals surface area contributed by atoms with Crippen LogP contribution >= 0.6 is 0 Å². The lowest BCUT2D eigenvalue weighted by Gasteiger charge is -2.11. The molecule has 32 heavy (non-hydrogen) atoms. The molecule has 0 atom stereocenters. The number of methoxy groups -OCH3 is 1. The van der Waals surface area contributed by atoms with Crippen molar-refractivity contribution in [1.29, 1.82) is 0 Å². The van der Waals surface area contributed by atoms with Crippen molar-refractivity contribution in [3.63, 3.8) is 0 Å². The van der Waals surface area contributed by atoms with Crippen LogP contribution in [0.25, 0.3) is 0 Å². The van der Waals surface area contributed by atoms with Crippen molar-refractivity contribution >= 4 is 18.1 Å². The second kappa shape index (κ2) is 11.3. The molecule has 3 rings (SSSR count). The van der Waals surface area contributed by atoms with Gasteiger partial charge in [-0.15, -0.1) is 0 Å². The van der Waals surface area contributed by atoms with E-state index in [0.29, 0.717) is 29.2 Å². The average molecular weight is 432 g/mol. The topological polar surface area (TPSA) is 86.2 Å². The van der Waals surface area contributed by atoms with E-state index in [0.717, 1.165) is 5.56 Å². The zero-order chi connectivity index (χ0) is 22.8. The number of esters is 1. The molecule has 0 spiro atoms. The van der Waals surface area contributed by atoms with E-state index >= 15 is 0 Å². The first kappa shape index (κ1) is 22.6. The molecule has 0 bridgehead atoms. The highest BCUT2D eigenvalue weighted by Gasteiger charge is 2.13. The minimum Gasteiger partial charge on any atom is -0.497 e. The van der Waals surface area contributed by atoms with Crippen LogP contribution in [0.5, 0.6) is 17.2 Å². The molecular weight excluding hydrogens is 408 g/mol. The van der Waals surface area contributed by atoms with E-state index in [9.17, 15) is 9.59 Å². The summed E-state index contributed by atoms with van der Waals surface area (Å²) in [6.07, 6.45) is 1.74. The van der Waals surface area contributed by atoms with Crippen LogP contribution in [0.3, 0.4) is 0 Å². The fraction of sp³-hybridized carbons (Fsp3) is 0.160. The Hall–Kier alpha value is -4.13. The molecule has 0 aromatic heterocycles. The third-order valence-electron chi connectivity index (χ3n) is 4.41. The summed E-state index contributed by atoms with van der Waals surface area (Å²) in [6.45, 7) is 2.22. The first-order valence-corrected chi connectivity index (χ1v) is 10.1. The lowest BCUT2D eigenvalue weighted by molar-refractivity contribution is -0.120. The molecule has 1 N–H and O–H groups in total. The fourth-order valence-electron chi connectivity index (χ4n) is 2.84. The van der Waals surface area contributed by atoms with Gasteiger partial charge in [0.25, 0.3) is 0 Å². The maximum Gasteiger partial charge on any atom is 0.343 e. The molecule has 0 aliphatic rings. The first-order chi connectivity index (χ1) is 15.6. The second-order valence-corrected chi connectivity index (χ2v) is 6.71. The number of hydrazone groups is 1. The van der Waals surface area contributed by atoms with E-state index in [1.807, 2.05) is 37.3 Å². The largest absolute Gasteiger partial charge is 0.497 e. The third kappa shape index (κ3) is 6.43. The van der Waals surface area contributed by atoms with Crippen molar-refractivity contribution in [2.24, 2.45) is 5.10 Å². The lowest BCUT2D eigenvalue weighted by atomic mass is 10.1. The summed E-state index contributed by atoms with van der Waals surface area (Å²) < 4.78 is 16.2. The first-order valence-electron chi connectivity index (χ1n) is 10.1. The van der Waals surface area contributed by atoms with Crippen LogP contribution in [0.15, 0.2) is 77.9 Å². The molecule has 3 aromatic carbocycles. The molecule has 0 radical (unpaired) electrons. The summed E-state index contributed by atoms with van der Waals surface area (Å²) in [5.41, 5.74) is 4.47. The van der Waals surface area contributed by atoms with Gasteiger partial charge in [-0.1, -0.05) is 30.3 Å². The molecule has 0 unspecified atom stereocenters. The van der Waals surface area contributed by atoms with Gasteiger partial charge in [0.1, 0.15) is 5.75 Å². The van der Waals surface area contributed by atoms with Crippen LogP contribution in [0.4, 0.5) is 0 Å². The Labute approximate surface area is 186 Å². The normalized spacial score (nSPS) is 10.6. The maximum atomic E-state index is 12.5. The van der Waals surface area contributed by atoms with Gasteiger partial charge >= 0.3 is 5.97 Å². The number of hydrogen-bond donors (Lipinski definition) is 1. The smallest absolute Gasteiger partial charge is 0.343 e. The summed E-state index contributed by atoms with van der Waals surface area (Å²) in [4.78, 5) is 24.5. The van der Waals surface area contributed by atoms with Crippen LogP contribution in [-0.4, -0.2) is 31.8 Å². The SMILES string of the molecule is CCOc1cc(/C=N/NC(=O)Cc2ccccc2)ccc1OC(=O)c1ccc(OC)cc1. The molecule has 0 aliphatic heterocycles. The summed E-state index contributed by atoms with van der Waals surface area (Å²) >= 11 is 0. The minimum absolute atomic E-state index is 0.220. The predicted octanol–water partition coefficient (Wildman–Crippen LogP) is 4.01. The highest BCUT2D eigenvalue weighted by Crippen LogP contribution is 2.29. The van der Waals surface area contributed by atoms with E-state index in [2.05, 4.69) is 10.5 Å². The second-order valence-electron chi connectivity index (χ2n) is 6.71. The van der Waals surface area contributed by atoms with Gasteiger partial charge in [-0.25, -0.2) is 10.2 Å². The number of nitrogens with one attached hydrogen (secondary N) is 1. The van der Waals surface area contributed by atoms with Gasteiger partial charge in [0.2, 0.25) is 5.91 Å². The molecule has 0 saturated carbocycles. The third-order valence-corrected chi connectivity index (χ3v) is 4.41. The van der Waals surface area contributed by atoms with Crippen molar-refractivity contribution in [2.75, 3.05) is 13.7 Å². The van der Waals surface area contributed by atoms with Crippen LogP contribution in [-0.2, 0) is 11.2 Å². The Kier molecular flexibility index (Phi) is 7.97. The quantitative estimate of drug-likeness (QED) is 0.239. The van der Waals surface area contributed by atoms with E-state index in [4.69, 9.17) is 14.2 Å². The molecule has 1 amide bonds. The number of carbonyl (C=O) groups excluding carboxylic acids is 2. The Morgan fingerprint density at radius 2 is 1.72 bits per heavy atom. The summed E-state index contributed by atoms with van der Waals surface area (Å²) in [5.74, 6) is 0.605. The van der Waals surface area contributed by atoms with Crippen LogP contribution in [0, 0.1) is 0 Å². The number of benzene rings is 3. The molecular formula is C25H24N2O5. The zero-order valence-corrected chi connectivity index (χ0v) is 17.9. The number of nitrogens with zero attached hydrogens (tertiary/aromatic N) is 1. The Morgan fingerprint density at radius 1 is 0.969 bits per heavy atom. The standard InChI is InChI=1S/C25H24N2O5/c1-3-31-23-15-19(17-26-27-24(28)16-18-7-5-4-6-8-18)9-14-22(23)32-25(29)20-10-12-21(30-2)13-11-20/h4-15,17H,3,16H2,1-2H3,(H,27,28)/b26-17+. The summed E-state index contributed by atoms with van der Waals surface area (Å²) in [7, 11) is 1.56. The van der Waals surface area contributed by atoms with Crippen molar-refractivity contribution in [3.05, 3.63) is 89.5 Å². The monoisotopic (exact) mass is 432 g/mol. The zero-order valence-electron chi connectivity index (χ0n) is 17.9. The van der Waals surface area contributed by atoms with E-state index in [1.165, 1.54) is 6.21 Å². The molecule has 7 nitrogen and oxygen atoms in total. The summed E-state index contributed by atoms with van der Waals surface area (Å²) in [5, 5.41) is 3.99. The van der Waals surface area contributed by atoms with Gasteiger partial charge in [0, 0.05) is 0 Å². The number of amides is 1. The van der Waals surface area contributed by atoms with E-state index in [-0.39, 0.29) is 18.1 Å². The Morgan fingerprint density at radius 3 is 2.41 bits per heavy atom. The highest BCUT2D eigenvalue weighted by atomic mass is 16.6. The van der Waals surface area contributed by atoms with Gasteiger partial charge in [-0.2, -0.15) is 5.10 Å². The molecule has 0 saturated heterocycles. The molecule has 164 valence electrons. The highest BCUT2D eigenvalue weighted by molar-refractivity contribution is 5.92. The average Bonchev–Trinajstić information content (AvgIpc) is 2.81. The Balaban J connectivity index is 1.64. The van der Waals surface area contributed by atoms with E-state index < -0.39 is 5.97 Å². The van der Waals surface area contributed by atoms with Gasteiger partial charge in [0.15, 0.2) is 11.5 Å². The van der Waals surface area contributed by atoms with Crippen LogP contribution in [0.2, 0.25) is 0 Å². The van der Waals surface area contributed by atoms with Gasteiger partial charge < -0.3 is 14.2 Å². The van der Waals surface area contributed by atoms with Crippen molar-refractivity contribution in [2.45, 2.75) is 13.3 Å².